The van der Waals surface area contributed by atoms with E-state index in [1.165, 1.54) is 45.9 Å². The van der Waals surface area contributed by atoms with Crippen molar-refractivity contribution in [3.8, 4) is 11.1 Å². The quantitative estimate of drug-likeness (QED) is 0.184. The first-order chi connectivity index (χ1) is 20.5. The molecule has 0 bridgehead atoms. The molecule has 1 saturated heterocycles. The maximum absolute atomic E-state index is 14.9. The zero-order valence-corrected chi connectivity index (χ0v) is 25.0. The number of amides is 1. The lowest BCUT2D eigenvalue weighted by molar-refractivity contribution is -0.137. The minimum absolute atomic E-state index is 0.0793. The molecule has 12 heteroatoms. The van der Waals surface area contributed by atoms with Crippen molar-refractivity contribution in [3.05, 3.63) is 87.2 Å². The van der Waals surface area contributed by atoms with Gasteiger partial charge >= 0.3 is 11.9 Å². The molecule has 6 rings (SSSR count). The highest BCUT2D eigenvalue weighted by Crippen LogP contribution is 2.49. The molecule has 0 N–H and O–H groups in total. The van der Waals surface area contributed by atoms with Crippen LogP contribution < -0.4 is 10.6 Å². The molecule has 2 aromatic carbocycles. The predicted octanol–water partition coefficient (Wildman–Crippen LogP) is 6.78. The van der Waals surface area contributed by atoms with Crippen molar-refractivity contribution in [2.24, 2.45) is 0 Å². The Morgan fingerprint density at radius 1 is 1.09 bits per heavy atom. The van der Waals surface area contributed by atoms with Gasteiger partial charge in [-0.15, -0.1) is 11.8 Å². The van der Waals surface area contributed by atoms with Gasteiger partial charge in [0.25, 0.3) is 0 Å². The van der Waals surface area contributed by atoms with Gasteiger partial charge in [-0.3, -0.25) is 9.36 Å². The van der Waals surface area contributed by atoms with Crippen molar-refractivity contribution in [1.82, 2.24) is 14.5 Å². The smallest absolute Gasteiger partial charge is 0.352 e. The number of halogens is 4. The summed E-state index contributed by atoms with van der Waals surface area (Å²) in [7, 11) is 0. The molecule has 1 fully saturated rings. The second-order valence-corrected chi connectivity index (χ2v) is 12.8. The Morgan fingerprint density at radius 3 is 2.40 bits per heavy atom. The van der Waals surface area contributed by atoms with E-state index in [-0.39, 0.29) is 65.9 Å². The first kappa shape index (κ1) is 29.4. The number of nitrogens with zero attached hydrogens (tertiary/aromatic N) is 4. The van der Waals surface area contributed by atoms with Crippen LogP contribution in [0.2, 0.25) is 0 Å². The Kier molecular flexibility index (Phi) is 7.62. The van der Waals surface area contributed by atoms with Gasteiger partial charge in [-0.05, 0) is 66.1 Å². The number of hydrogen-bond acceptors (Lipinski definition) is 6. The molecule has 43 heavy (non-hydrogen) atoms. The van der Waals surface area contributed by atoms with Crippen molar-refractivity contribution in [1.29, 1.82) is 0 Å². The van der Waals surface area contributed by atoms with Gasteiger partial charge in [0.2, 0.25) is 5.91 Å². The van der Waals surface area contributed by atoms with Gasteiger partial charge in [-0.25, -0.2) is 9.18 Å². The van der Waals surface area contributed by atoms with E-state index >= 15 is 0 Å². The summed E-state index contributed by atoms with van der Waals surface area (Å²) in [4.78, 5) is 34.5. The van der Waals surface area contributed by atoms with Crippen molar-refractivity contribution in [2.75, 3.05) is 23.7 Å². The third-order valence-corrected chi connectivity index (χ3v) is 10.1. The fraction of sp³-hybridized carbons (Fsp3) is 0.323. The molecule has 0 aliphatic carbocycles. The van der Waals surface area contributed by atoms with Gasteiger partial charge in [0.1, 0.15) is 11.6 Å². The number of aromatic nitrogens is 2. The summed E-state index contributed by atoms with van der Waals surface area (Å²) in [6, 6.07) is 7.40. The zero-order valence-electron chi connectivity index (χ0n) is 23.4. The number of benzene rings is 2. The minimum atomic E-state index is -4.75. The van der Waals surface area contributed by atoms with E-state index in [9.17, 15) is 27.2 Å². The van der Waals surface area contributed by atoms with Crippen LogP contribution in [0, 0.1) is 5.82 Å². The summed E-state index contributed by atoms with van der Waals surface area (Å²) >= 11 is 2.79. The van der Waals surface area contributed by atoms with Crippen LogP contribution in [0.4, 0.5) is 23.4 Å². The summed E-state index contributed by atoms with van der Waals surface area (Å²) < 4.78 is 60.1. The van der Waals surface area contributed by atoms with Crippen LogP contribution in [0.15, 0.2) is 69.5 Å². The third kappa shape index (κ3) is 5.24. The number of anilines is 1. The molecule has 224 valence electrons. The number of piperazine rings is 1. The van der Waals surface area contributed by atoms with Crippen molar-refractivity contribution < 1.29 is 22.4 Å². The Labute approximate surface area is 253 Å². The molecule has 2 aromatic heterocycles. The first-order valence-corrected chi connectivity index (χ1v) is 15.7. The highest BCUT2D eigenvalue weighted by Gasteiger charge is 2.40. The fourth-order valence-electron chi connectivity index (χ4n) is 6.27. The van der Waals surface area contributed by atoms with E-state index in [0.29, 0.717) is 16.2 Å². The van der Waals surface area contributed by atoms with E-state index in [1.807, 2.05) is 30.7 Å². The second-order valence-electron chi connectivity index (χ2n) is 11.0. The van der Waals surface area contributed by atoms with Gasteiger partial charge in [-0.1, -0.05) is 18.7 Å². The summed E-state index contributed by atoms with van der Waals surface area (Å²) in [5, 5.41) is 4.14. The second kappa shape index (κ2) is 11.1. The zero-order chi connectivity index (χ0) is 30.6. The van der Waals surface area contributed by atoms with Gasteiger partial charge in [0.05, 0.1) is 11.1 Å². The number of thioether (sulfide) groups is 1. The van der Waals surface area contributed by atoms with Gasteiger partial charge < -0.3 is 9.80 Å². The fourth-order valence-corrected chi connectivity index (χ4v) is 8.41. The predicted molar refractivity (Wildman–Crippen MR) is 162 cm³/mol. The standard InChI is InChI=1S/C31H28F4N4O2S2/c1-4-25(40)39-17(2)12-37(13-18(39)3)29-23-11-24(31(33,34)35)26(19-5-7-22(32)8-6-19)28-27(23)38(30(41)36-29)14-21(16-43-28)20-9-10-42-15-20/h4-11,15,17-18,21H,1,12-14,16H2,2-3H3/t17-,18+,21?. The van der Waals surface area contributed by atoms with E-state index in [4.69, 9.17) is 0 Å². The molecule has 4 heterocycles. The monoisotopic (exact) mass is 628 g/mol. The molecule has 1 amide bonds. The third-order valence-electron chi connectivity index (χ3n) is 8.13. The van der Waals surface area contributed by atoms with E-state index in [2.05, 4.69) is 11.6 Å². The van der Waals surface area contributed by atoms with Gasteiger partial charge in [0.15, 0.2) is 0 Å². The van der Waals surface area contributed by atoms with E-state index in [0.717, 1.165) is 23.8 Å². The van der Waals surface area contributed by atoms with Crippen molar-refractivity contribution >= 4 is 45.7 Å². The molecule has 6 nitrogen and oxygen atoms in total. The number of hydrogen-bond donors (Lipinski definition) is 0. The molecule has 0 radical (unpaired) electrons. The number of carbonyl (C=O) groups excluding carboxylic acids is 1. The average Bonchev–Trinajstić information content (AvgIpc) is 3.42. The van der Waals surface area contributed by atoms with Crippen LogP contribution in [-0.4, -0.2) is 51.3 Å². The molecule has 2 aliphatic heterocycles. The van der Waals surface area contributed by atoms with Crippen LogP contribution in [0.5, 0.6) is 0 Å². The summed E-state index contributed by atoms with van der Waals surface area (Å²) in [5.41, 5.74) is 0.0844. The molecule has 1 unspecified atom stereocenters. The lowest BCUT2D eigenvalue weighted by atomic mass is 9.96. The Morgan fingerprint density at radius 2 is 1.79 bits per heavy atom. The van der Waals surface area contributed by atoms with Gasteiger partial charge in [0, 0.05) is 59.2 Å². The first-order valence-electron chi connectivity index (χ1n) is 13.8. The normalized spacial score (nSPS) is 20.7. The van der Waals surface area contributed by atoms with Crippen LogP contribution >= 0.6 is 23.1 Å². The van der Waals surface area contributed by atoms with E-state index in [1.54, 1.807) is 9.80 Å². The maximum Gasteiger partial charge on any atom is 0.417 e. The molecule has 2 aliphatic rings. The summed E-state index contributed by atoms with van der Waals surface area (Å²) in [6.07, 6.45) is -3.51. The van der Waals surface area contributed by atoms with Crippen LogP contribution in [-0.2, 0) is 17.5 Å². The minimum Gasteiger partial charge on any atom is -0.352 e. The highest BCUT2D eigenvalue weighted by molar-refractivity contribution is 7.99. The van der Waals surface area contributed by atoms with Crippen LogP contribution in [0.1, 0.15) is 30.9 Å². The van der Waals surface area contributed by atoms with Crippen molar-refractivity contribution in [3.63, 3.8) is 0 Å². The maximum atomic E-state index is 14.9. The van der Waals surface area contributed by atoms with Gasteiger partial charge in [-0.2, -0.15) is 29.5 Å². The SMILES string of the molecule is C=CC(=O)N1[C@H](C)CN(c2nc(=O)n3c4c(c(-c5ccc(F)cc5)c(C(F)(F)F)cc24)SCC(c2ccsc2)C3)C[C@@H]1C. The molecule has 3 atom stereocenters. The Balaban J connectivity index is 1.63. The number of rotatable bonds is 4. The highest BCUT2D eigenvalue weighted by atomic mass is 32.2. The Hall–Kier alpha value is -3.64. The average molecular weight is 629 g/mol. The molecule has 4 aromatic rings. The van der Waals surface area contributed by atoms with Crippen LogP contribution in [0.3, 0.4) is 0 Å². The largest absolute Gasteiger partial charge is 0.417 e. The van der Waals surface area contributed by atoms with E-state index < -0.39 is 23.2 Å². The lowest BCUT2D eigenvalue weighted by Gasteiger charge is -2.44. The summed E-state index contributed by atoms with van der Waals surface area (Å²) in [5.74, 6) is -0.336. The number of thiophene rings is 1. The number of carbonyl (C=O) groups is 1. The Bertz CT molecular complexity index is 1760. The topological polar surface area (TPSA) is 58.4 Å². The molecular formula is C31H28F4N4O2S2. The molecular weight excluding hydrogens is 600 g/mol. The van der Waals surface area contributed by atoms with Crippen molar-refractivity contribution in [2.45, 2.75) is 49.5 Å². The van der Waals surface area contributed by atoms with Crippen LogP contribution in [0.25, 0.3) is 22.0 Å². The summed E-state index contributed by atoms with van der Waals surface area (Å²) in [6.45, 7) is 8.08. The molecule has 0 spiro atoms. The lowest BCUT2D eigenvalue weighted by Crippen LogP contribution is -2.58. The molecule has 0 saturated carbocycles. The number of alkyl halides is 3.